The highest BCUT2D eigenvalue weighted by atomic mass is 19.1. The number of carboxylic acid groups (broad SMARTS) is 1. The molecule has 0 amide bonds. The zero-order valence-corrected chi connectivity index (χ0v) is 8.66. The second kappa shape index (κ2) is 4.29. The van der Waals surface area contributed by atoms with Crippen LogP contribution in [0.5, 0.6) is 5.75 Å². The van der Waals surface area contributed by atoms with Crippen LogP contribution in [0.4, 0.5) is 4.39 Å². The molecular weight excluding hydrogens is 199 g/mol. The third-order valence-electron chi connectivity index (χ3n) is 2.09. The van der Waals surface area contributed by atoms with E-state index in [0.717, 1.165) is 6.92 Å². The molecule has 1 unspecified atom stereocenters. The predicted octanol–water partition coefficient (Wildman–Crippen LogP) is 2.35. The highest BCUT2D eigenvalue weighted by molar-refractivity contribution is 5.78. The average molecular weight is 212 g/mol. The molecule has 1 N–H and O–H groups in total. The van der Waals surface area contributed by atoms with Crippen molar-refractivity contribution < 1.29 is 19.0 Å². The van der Waals surface area contributed by atoms with E-state index < -0.39 is 11.6 Å². The van der Waals surface area contributed by atoms with Crippen LogP contribution in [-0.4, -0.2) is 17.7 Å². The summed E-state index contributed by atoms with van der Waals surface area (Å²) in [5.74, 6) is -1.03. The highest BCUT2D eigenvalue weighted by Crippen LogP contribution is 2.28. The molecule has 15 heavy (non-hydrogen) atoms. The predicted molar refractivity (Wildman–Crippen MR) is 53.7 cm³/mol. The van der Waals surface area contributed by atoms with Crippen molar-refractivity contribution in [2.75, 3.05) is 6.61 Å². The van der Waals surface area contributed by atoms with E-state index in [1.165, 1.54) is 12.1 Å². The lowest BCUT2D eigenvalue weighted by atomic mass is 9.98. The number of carbonyl (C=O) groups is 1. The van der Waals surface area contributed by atoms with Gasteiger partial charge in [0.05, 0.1) is 6.61 Å². The minimum absolute atomic E-state index is 0.0842. The molecule has 0 spiro atoms. The Bertz CT molecular complexity index is 361. The van der Waals surface area contributed by atoms with Gasteiger partial charge in [0.15, 0.2) is 0 Å². The fourth-order valence-corrected chi connectivity index (χ4v) is 1.17. The molecule has 3 nitrogen and oxygen atoms in total. The quantitative estimate of drug-likeness (QED) is 0.833. The topological polar surface area (TPSA) is 46.5 Å². The number of ether oxygens (including phenoxy) is 1. The van der Waals surface area contributed by atoms with Gasteiger partial charge < -0.3 is 9.84 Å². The van der Waals surface area contributed by atoms with E-state index >= 15 is 0 Å². The molecule has 0 aliphatic rings. The lowest BCUT2D eigenvalue weighted by Gasteiger charge is -2.16. The first-order valence-corrected chi connectivity index (χ1v) is 4.64. The molecule has 0 bridgehead atoms. The van der Waals surface area contributed by atoms with Crippen molar-refractivity contribution in [1.29, 1.82) is 0 Å². The summed E-state index contributed by atoms with van der Waals surface area (Å²) in [5.41, 5.74) is -2.30. The number of carboxylic acids is 1. The van der Waals surface area contributed by atoms with Gasteiger partial charge in [-0.3, -0.25) is 0 Å². The van der Waals surface area contributed by atoms with Crippen LogP contribution in [0, 0.1) is 0 Å². The Morgan fingerprint density at radius 1 is 1.60 bits per heavy atom. The maximum atomic E-state index is 13.7. The van der Waals surface area contributed by atoms with Crippen molar-refractivity contribution in [3.63, 3.8) is 0 Å². The van der Waals surface area contributed by atoms with E-state index in [-0.39, 0.29) is 5.56 Å². The molecule has 0 radical (unpaired) electrons. The molecule has 0 fully saturated rings. The Balaban J connectivity index is 3.04. The van der Waals surface area contributed by atoms with Crippen LogP contribution in [0.3, 0.4) is 0 Å². The lowest BCUT2D eigenvalue weighted by Crippen LogP contribution is -2.26. The van der Waals surface area contributed by atoms with Crippen molar-refractivity contribution >= 4 is 5.97 Å². The van der Waals surface area contributed by atoms with Crippen molar-refractivity contribution in [3.8, 4) is 5.75 Å². The maximum Gasteiger partial charge on any atom is 0.345 e. The molecule has 1 atom stereocenters. The summed E-state index contributed by atoms with van der Waals surface area (Å²) in [5, 5.41) is 8.70. The molecule has 0 aromatic heterocycles. The average Bonchev–Trinajstić information content (AvgIpc) is 2.18. The monoisotopic (exact) mass is 212 g/mol. The van der Waals surface area contributed by atoms with Gasteiger partial charge in [-0.05, 0) is 26.0 Å². The summed E-state index contributed by atoms with van der Waals surface area (Å²) in [7, 11) is 0. The van der Waals surface area contributed by atoms with Crippen LogP contribution in [0.1, 0.15) is 19.4 Å². The molecule has 1 aromatic carbocycles. The van der Waals surface area contributed by atoms with E-state index in [1.807, 2.05) is 0 Å². The van der Waals surface area contributed by atoms with Crippen molar-refractivity contribution in [2.24, 2.45) is 0 Å². The summed E-state index contributed by atoms with van der Waals surface area (Å²) >= 11 is 0. The summed E-state index contributed by atoms with van der Waals surface area (Å²) in [6.45, 7) is 3.28. The highest BCUT2D eigenvalue weighted by Gasteiger charge is 2.35. The second-order valence-electron chi connectivity index (χ2n) is 3.27. The van der Waals surface area contributed by atoms with Crippen molar-refractivity contribution in [1.82, 2.24) is 0 Å². The van der Waals surface area contributed by atoms with Gasteiger partial charge in [-0.15, -0.1) is 0 Å². The van der Waals surface area contributed by atoms with Crippen molar-refractivity contribution in [3.05, 3.63) is 29.8 Å². The van der Waals surface area contributed by atoms with Gasteiger partial charge in [0.2, 0.25) is 5.67 Å². The van der Waals surface area contributed by atoms with E-state index in [4.69, 9.17) is 9.84 Å². The second-order valence-corrected chi connectivity index (χ2v) is 3.27. The lowest BCUT2D eigenvalue weighted by molar-refractivity contribution is -0.150. The largest absolute Gasteiger partial charge is 0.494 e. The van der Waals surface area contributed by atoms with Gasteiger partial charge in [0, 0.05) is 5.56 Å². The zero-order chi connectivity index (χ0) is 11.5. The van der Waals surface area contributed by atoms with Gasteiger partial charge in [0.25, 0.3) is 0 Å². The molecule has 0 heterocycles. The smallest absolute Gasteiger partial charge is 0.345 e. The number of hydrogen-bond donors (Lipinski definition) is 1. The Hall–Kier alpha value is -1.58. The summed E-state index contributed by atoms with van der Waals surface area (Å²) < 4.78 is 18.9. The SMILES string of the molecule is CCOc1cccc(C(C)(F)C(=O)O)c1. The van der Waals surface area contributed by atoms with Crippen LogP contribution in [0.25, 0.3) is 0 Å². The first-order valence-electron chi connectivity index (χ1n) is 4.64. The molecule has 0 aliphatic heterocycles. The molecule has 0 saturated heterocycles. The standard InChI is InChI=1S/C11H13FO3/c1-3-15-9-6-4-5-8(7-9)11(2,12)10(13)14/h4-7H,3H2,1-2H3,(H,13,14). The third kappa shape index (κ3) is 2.46. The first kappa shape index (κ1) is 11.5. The Labute approximate surface area is 87.5 Å². The summed E-state index contributed by atoms with van der Waals surface area (Å²) in [6, 6.07) is 6.06. The molecule has 0 aliphatic carbocycles. The van der Waals surface area contributed by atoms with Crippen LogP contribution in [-0.2, 0) is 10.5 Å². The number of benzene rings is 1. The Kier molecular flexibility index (Phi) is 3.29. The summed E-state index contributed by atoms with van der Waals surface area (Å²) in [4.78, 5) is 10.7. The van der Waals surface area contributed by atoms with E-state index in [9.17, 15) is 9.18 Å². The number of rotatable bonds is 4. The van der Waals surface area contributed by atoms with E-state index in [0.29, 0.717) is 12.4 Å². The normalized spacial score (nSPS) is 14.3. The Morgan fingerprint density at radius 3 is 2.80 bits per heavy atom. The Morgan fingerprint density at radius 2 is 2.27 bits per heavy atom. The van der Waals surface area contributed by atoms with Crippen molar-refractivity contribution in [2.45, 2.75) is 19.5 Å². The summed E-state index contributed by atoms with van der Waals surface area (Å²) in [6.07, 6.45) is 0. The minimum atomic E-state index is -2.38. The maximum absolute atomic E-state index is 13.7. The fourth-order valence-electron chi connectivity index (χ4n) is 1.17. The molecule has 82 valence electrons. The van der Waals surface area contributed by atoms with Gasteiger partial charge >= 0.3 is 5.97 Å². The third-order valence-corrected chi connectivity index (χ3v) is 2.09. The molecular formula is C11H13FO3. The zero-order valence-electron chi connectivity index (χ0n) is 8.66. The van der Waals surface area contributed by atoms with Crippen LogP contribution >= 0.6 is 0 Å². The molecule has 4 heteroatoms. The van der Waals surface area contributed by atoms with Gasteiger partial charge in [-0.2, -0.15) is 0 Å². The van der Waals surface area contributed by atoms with Gasteiger partial charge in [0.1, 0.15) is 5.75 Å². The molecule has 1 aromatic rings. The van der Waals surface area contributed by atoms with Crippen LogP contribution < -0.4 is 4.74 Å². The number of aliphatic carboxylic acids is 1. The van der Waals surface area contributed by atoms with E-state index in [1.54, 1.807) is 19.1 Å². The fraction of sp³-hybridized carbons (Fsp3) is 0.364. The van der Waals surface area contributed by atoms with Gasteiger partial charge in [-0.25, -0.2) is 9.18 Å². The van der Waals surface area contributed by atoms with Crippen LogP contribution in [0.2, 0.25) is 0 Å². The first-order chi connectivity index (χ1) is 6.98. The van der Waals surface area contributed by atoms with E-state index in [2.05, 4.69) is 0 Å². The number of hydrogen-bond acceptors (Lipinski definition) is 2. The molecule has 1 rings (SSSR count). The minimum Gasteiger partial charge on any atom is -0.494 e. The molecule has 0 saturated carbocycles. The number of alkyl halides is 1. The van der Waals surface area contributed by atoms with Gasteiger partial charge in [-0.1, -0.05) is 12.1 Å². The van der Waals surface area contributed by atoms with Crippen LogP contribution in [0.15, 0.2) is 24.3 Å². The number of halogens is 1.